The molecular formula is C28H36N2O9. The Morgan fingerprint density at radius 2 is 1.59 bits per heavy atom. The van der Waals surface area contributed by atoms with Crippen LogP contribution >= 0.6 is 0 Å². The quantitative estimate of drug-likeness (QED) is 0.106. The van der Waals surface area contributed by atoms with E-state index in [0.29, 0.717) is 5.56 Å². The molecule has 0 aromatic heterocycles. The summed E-state index contributed by atoms with van der Waals surface area (Å²) in [6, 6.07) is 15.3. The fourth-order valence-corrected chi connectivity index (χ4v) is 3.85. The maximum Gasteiger partial charge on any atom is 0.366 e. The average Bonchev–Trinajstić information content (AvgIpc) is 2.93. The van der Waals surface area contributed by atoms with Gasteiger partial charge in [-0.15, -0.1) is 6.58 Å². The fraction of sp³-hybridized carbons (Fsp3) is 0.393. The van der Waals surface area contributed by atoms with E-state index >= 15 is 0 Å². The highest BCUT2D eigenvalue weighted by atomic mass is 16.7. The first-order valence-electron chi connectivity index (χ1n) is 12.3. The van der Waals surface area contributed by atoms with Crippen LogP contribution in [0.25, 0.3) is 11.1 Å². The van der Waals surface area contributed by atoms with Crippen molar-refractivity contribution in [1.82, 2.24) is 10.6 Å². The molecule has 0 fully saturated rings. The standard InChI is InChI=1S/C28H36N2O9/c1-4-14-39-28(37,27(36)38-3)16-24(33)22(30-18(2)31)15-23(32)25(34)17-29-26(35)21-12-10-20(11-13-21)19-8-6-5-7-9-19/h4-13,22-25,32-34,37H,1,14-17H2,2-3H3,(H,29,35)(H,30,31)/t22?,23-,24?,25+,28?/m0/s1. The number of ether oxygens (including phenoxy) is 2. The van der Waals surface area contributed by atoms with Gasteiger partial charge in [-0.3, -0.25) is 9.59 Å². The molecule has 212 valence electrons. The molecule has 2 aromatic rings. The molecule has 0 aliphatic rings. The first kappa shape index (κ1) is 31.6. The molecule has 0 saturated heterocycles. The Balaban J connectivity index is 1.99. The Morgan fingerprint density at radius 1 is 0.974 bits per heavy atom. The van der Waals surface area contributed by atoms with E-state index in [1.807, 2.05) is 30.3 Å². The predicted molar refractivity (Wildman–Crippen MR) is 142 cm³/mol. The summed E-state index contributed by atoms with van der Waals surface area (Å²) in [7, 11) is 1.02. The molecule has 2 amide bonds. The van der Waals surface area contributed by atoms with E-state index in [2.05, 4.69) is 21.9 Å². The van der Waals surface area contributed by atoms with Crippen LogP contribution in [-0.4, -0.2) is 88.6 Å². The number of carbonyl (C=O) groups excluding carboxylic acids is 3. The molecule has 2 rings (SSSR count). The van der Waals surface area contributed by atoms with Gasteiger partial charge in [0, 0.05) is 25.5 Å². The van der Waals surface area contributed by atoms with Gasteiger partial charge in [0.1, 0.15) is 0 Å². The Hall–Kier alpha value is -3.61. The number of carbonyl (C=O) groups is 3. The maximum atomic E-state index is 12.5. The third-order valence-corrected chi connectivity index (χ3v) is 5.95. The summed E-state index contributed by atoms with van der Waals surface area (Å²) in [5.41, 5.74) is 2.28. The summed E-state index contributed by atoms with van der Waals surface area (Å²) in [5.74, 6) is -4.76. The lowest BCUT2D eigenvalue weighted by Gasteiger charge is -2.32. The molecular weight excluding hydrogens is 508 g/mol. The number of nitrogens with one attached hydrogen (secondary N) is 2. The van der Waals surface area contributed by atoms with E-state index in [0.717, 1.165) is 18.2 Å². The molecule has 3 unspecified atom stereocenters. The lowest BCUT2D eigenvalue weighted by molar-refractivity contribution is -0.232. The molecule has 11 heteroatoms. The smallest absolute Gasteiger partial charge is 0.366 e. The zero-order chi connectivity index (χ0) is 29.0. The molecule has 11 nitrogen and oxygen atoms in total. The topological polar surface area (TPSA) is 175 Å². The molecule has 0 spiro atoms. The van der Waals surface area contributed by atoms with Crippen molar-refractivity contribution in [3.8, 4) is 11.1 Å². The first-order valence-corrected chi connectivity index (χ1v) is 12.3. The van der Waals surface area contributed by atoms with Crippen LogP contribution in [0.2, 0.25) is 0 Å². The molecule has 0 saturated carbocycles. The zero-order valence-corrected chi connectivity index (χ0v) is 21.9. The number of aliphatic hydroxyl groups is 4. The normalized spacial score (nSPS) is 15.6. The van der Waals surface area contributed by atoms with Gasteiger partial charge in [0.2, 0.25) is 5.91 Å². The predicted octanol–water partition coefficient (Wildman–Crippen LogP) is 0.515. The van der Waals surface area contributed by atoms with Crippen molar-refractivity contribution in [2.75, 3.05) is 20.3 Å². The van der Waals surface area contributed by atoms with E-state index in [9.17, 15) is 34.8 Å². The number of hydrogen-bond donors (Lipinski definition) is 6. The second kappa shape index (κ2) is 15.1. The average molecular weight is 545 g/mol. The monoisotopic (exact) mass is 544 g/mol. The summed E-state index contributed by atoms with van der Waals surface area (Å²) in [5, 5.41) is 47.2. The van der Waals surface area contributed by atoms with E-state index in [1.54, 1.807) is 24.3 Å². The van der Waals surface area contributed by atoms with Crippen molar-refractivity contribution in [3.63, 3.8) is 0 Å². The molecule has 39 heavy (non-hydrogen) atoms. The fourth-order valence-electron chi connectivity index (χ4n) is 3.85. The van der Waals surface area contributed by atoms with E-state index in [4.69, 9.17) is 4.74 Å². The Kier molecular flexibility index (Phi) is 12.2. The van der Waals surface area contributed by atoms with Crippen LogP contribution in [0.1, 0.15) is 30.1 Å². The number of aliphatic hydroxyl groups excluding tert-OH is 3. The number of esters is 1. The van der Waals surface area contributed by atoms with Crippen molar-refractivity contribution in [2.24, 2.45) is 0 Å². The van der Waals surface area contributed by atoms with Crippen LogP contribution in [0.4, 0.5) is 0 Å². The highest BCUT2D eigenvalue weighted by molar-refractivity contribution is 5.94. The van der Waals surface area contributed by atoms with Crippen molar-refractivity contribution in [1.29, 1.82) is 0 Å². The number of rotatable bonds is 15. The number of methoxy groups -OCH3 is 1. The molecule has 0 radical (unpaired) electrons. The molecule has 6 N–H and O–H groups in total. The highest BCUT2D eigenvalue weighted by Crippen LogP contribution is 2.22. The molecule has 0 aliphatic heterocycles. The van der Waals surface area contributed by atoms with Crippen molar-refractivity contribution < 1.29 is 44.3 Å². The van der Waals surface area contributed by atoms with Gasteiger partial charge >= 0.3 is 5.97 Å². The van der Waals surface area contributed by atoms with Crippen LogP contribution in [-0.2, 0) is 19.1 Å². The minimum Gasteiger partial charge on any atom is -0.465 e. The molecule has 5 atom stereocenters. The lowest BCUT2D eigenvalue weighted by Crippen LogP contribution is -2.53. The van der Waals surface area contributed by atoms with Crippen molar-refractivity contribution >= 4 is 17.8 Å². The van der Waals surface area contributed by atoms with Gasteiger partial charge in [0.25, 0.3) is 11.7 Å². The van der Waals surface area contributed by atoms with Crippen LogP contribution in [0.3, 0.4) is 0 Å². The van der Waals surface area contributed by atoms with Crippen molar-refractivity contribution in [3.05, 3.63) is 72.8 Å². The molecule has 0 bridgehead atoms. The number of hydrogen-bond acceptors (Lipinski definition) is 9. The third kappa shape index (κ3) is 9.57. The van der Waals surface area contributed by atoms with Gasteiger partial charge in [0.15, 0.2) is 0 Å². The van der Waals surface area contributed by atoms with Crippen LogP contribution < -0.4 is 10.6 Å². The van der Waals surface area contributed by atoms with Crippen LogP contribution in [0.5, 0.6) is 0 Å². The summed E-state index contributed by atoms with van der Waals surface area (Å²) in [6.45, 7) is 4.04. The van der Waals surface area contributed by atoms with Crippen molar-refractivity contribution in [2.45, 2.75) is 49.9 Å². The second-order valence-electron chi connectivity index (χ2n) is 8.98. The Morgan fingerprint density at radius 3 is 2.15 bits per heavy atom. The lowest BCUT2D eigenvalue weighted by atomic mass is 9.95. The van der Waals surface area contributed by atoms with E-state index < -0.39 is 54.3 Å². The summed E-state index contributed by atoms with van der Waals surface area (Å²) < 4.78 is 9.62. The number of amides is 2. The first-order chi connectivity index (χ1) is 18.5. The van der Waals surface area contributed by atoms with Gasteiger partial charge in [0.05, 0.1) is 38.1 Å². The zero-order valence-electron chi connectivity index (χ0n) is 21.9. The SMILES string of the molecule is C=CCOC(O)(CC(O)C(C[C@H](O)[C@H](O)CNC(=O)c1ccc(-c2ccccc2)cc1)NC(C)=O)C(=O)OC. The van der Waals surface area contributed by atoms with Gasteiger partial charge in [-0.1, -0.05) is 48.5 Å². The van der Waals surface area contributed by atoms with Crippen LogP contribution in [0, 0.1) is 0 Å². The molecule has 2 aromatic carbocycles. The Bertz CT molecular complexity index is 1090. The Labute approximate surface area is 227 Å². The van der Waals surface area contributed by atoms with E-state index in [1.165, 1.54) is 13.0 Å². The second-order valence-corrected chi connectivity index (χ2v) is 8.98. The molecule has 0 heterocycles. The third-order valence-electron chi connectivity index (χ3n) is 5.95. The van der Waals surface area contributed by atoms with Gasteiger partial charge in [-0.05, 0) is 29.7 Å². The molecule has 0 aliphatic carbocycles. The van der Waals surface area contributed by atoms with Gasteiger partial charge < -0.3 is 40.5 Å². The van der Waals surface area contributed by atoms with Gasteiger partial charge in [-0.25, -0.2) is 4.79 Å². The number of benzene rings is 2. The maximum absolute atomic E-state index is 12.5. The van der Waals surface area contributed by atoms with Crippen LogP contribution in [0.15, 0.2) is 67.3 Å². The summed E-state index contributed by atoms with van der Waals surface area (Å²) >= 11 is 0. The summed E-state index contributed by atoms with van der Waals surface area (Å²) in [6.07, 6.45) is -4.37. The summed E-state index contributed by atoms with van der Waals surface area (Å²) in [4.78, 5) is 36.3. The van der Waals surface area contributed by atoms with Gasteiger partial charge in [-0.2, -0.15) is 0 Å². The minimum atomic E-state index is -2.55. The minimum absolute atomic E-state index is 0.237. The highest BCUT2D eigenvalue weighted by Gasteiger charge is 2.43. The largest absolute Gasteiger partial charge is 0.465 e. The van der Waals surface area contributed by atoms with E-state index in [-0.39, 0.29) is 19.6 Å².